The number of halogens is 1. The average molecular weight is 340 g/mol. The molecular formula is C16H22BrNO2. The lowest BCUT2D eigenvalue weighted by Gasteiger charge is -2.19. The van der Waals surface area contributed by atoms with Crippen LogP contribution in [-0.2, 0) is 0 Å². The van der Waals surface area contributed by atoms with Crippen molar-refractivity contribution in [3.63, 3.8) is 0 Å². The standard InChI is InChI=1S/C16H22BrNO2/c17-14-6-8-16(9-7-14)20-12-15(19)11-18-10-13-4-2-1-3-5-13/h1-2,6-9,13,15,18-19H,3-5,10-12H2. The highest BCUT2D eigenvalue weighted by Gasteiger charge is 2.11. The second-order valence-electron chi connectivity index (χ2n) is 5.23. The number of aliphatic hydroxyl groups is 1. The number of benzene rings is 1. The van der Waals surface area contributed by atoms with Crippen molar-refractivity contribution in [2.75, 3.05) is 19.7 Å². The van der Waals surface area contributed by atoms with Gasteiger partial charge < -0.3 is 15.2 Å². The first-order valence-corrected chi connectivity index (χ1v) is 7.95. The third-order valence-electron chi connectivity index (χ3n) is 3.45. The van der Waals surface area contributed by atoms with Gasteiger partial charge in [-0.1, -0.05) is 28.1 Å². The van der Waals surface area contributed by atoms with Gasteiger partial charge in [0.15, 0.2) is 0 Å². The average Bonchev–Trinajstić information content (AvgIpc) is 2.48. The number of aliphatic hydroxyl groups excluding tert-OH is 1. The fourth-order valence-electron chi connectivity index (χ4n) is 2.28. The summed E-state index contributed by atoms with van der Waals surface area (Å²) in [5.74, 6) is 1.49. The minimum Gasteiger partial charge on any atom is -0.491 e. The second kappa shape index (κ2) is 8.45. The smallest absolute Gasteiger partial charge is 0.119 e. The SMILES string of the molecule is OC(CNCC1CC=CCC1)COc1ccc(Br)cc1. The van der Waals surface area contributed by atoms with Crippen molar-refractivity contribution < 1.29 is 9.84 Å². The molecule has 0 aromatic heterocycles. The van der Waals surface area contributed by atoms with Gasteiger partial charge >= 0.3 is 0 Å². The van der Waals surface area contributed by atoms with Gasteiger partial charge in [0.2, 0.25) is 0 Å². The minimum absolute atomic E-state index is 0.319. The van der Waals surface area contributed by atoms with Crippen molar-refractivity contribution in [1.82, 2.24) is 5.32 Å². The molecule has 1 aromatic rings. The summed E-state index contributed by atoms with van der Waals surface area (Å²) in [5.41, 5.74) is 0. The second-order valence-corrected chi connectivity index (χ2v) is 6.14. The van der Waals surface area contributed by atoms with Crippen molar-refractivity contribution in [3.05, 3.63) is 40.9 Å². The van der Waals surface area contributed by atoms with E-state index < -0.39 is 6.10 Å². The van der Waals surface area contributed by atoms with Gasteiger partial charge in [0.1, 0.15) is 18.5 Å². The summed E-state index contributed by atoms with van der Waals surface area (Å²) in [6.45, 7) is 1.87. The maximum atomic E-state index is 9.88. The molecule has 2 unspecified atom stereocenters. The topological polar surface area (TPSA) is 41.5 Å². The maximum absolute atomic E-state index is 9.88. The number of ether oxygens (including phenoxy) is 1. The molecule has 0 aliphatic heterocycles. The van der Waals surface area contributed by atoms with Crippen LogP contribution in [0.15, 0.2) is 40.9 Å². The van der Waals surface area contributed by atoms with E-state index >= 15 is 0 Å². The van der Waals surface area contributed by atoms with E-state index in [0.717, 1.165) is 23.2 Å². The normalized spacial score (nSPS) is 19.8. The highest BCUT2D eigenvalue weighted by molar-refractivity contribution is 9.10. The van der Waals surface area contributed by atoms with Crippen molar-refractivity contribution in [3.8, 4) is 5.75 Å². The van der Waals surface area contributed by atoms with Crippen LogP contribution in [0.4, 0.5) is 0 Å². The highest BCUT2D eigenvalue weighted by atomic mass is 79.9. The Hall–Kier alpha value is -0.840. The molecule has 2 rings (SSSR count). The molecule has 0 radical (unpaired) electrons. The maximum Gasteiger partial charge on any atom is 0.119 e. The Kier molecular flexibility index (Phi) is 6.57. The minimum atomic E-state index is -0.474. The molecule has 0 saturated carbocycles. The summed E-state index contributed by atoms with van der Waals surface area (Å²) < 4.78 is 6.57. The third-order valence-corrected chi connectivity index (χ3v) is 3.98. The Morgan fingerprint density at radius 2 is 2.10 bits per heavy atom. The summed E-state index contributed by atoms with van der Waals surface area (Å²) >= 11 is 3.38. The number of allylic oxidation sites excluding steroid dienone is 2. The summed E-state index contributed by atoms with van der Waals surface area (Å²) in [6.07, 6.45) is 7.60. The lowest BCUT2D eigenvalue weighted by molar-refractivity contribution is 0.105. The molecule has 0 fully saturated rings. The molecule has 0 bridgehead atoms. The van der Waals surface area contributed by atoms with Crippen LogP contribution in [0.25, 0.3) is 0 Å². The van der Waals surface area contributed by atoms with Crippen LogP contribution in [0, 0.1) is 5.92 Å². The van der Waals surface area contributed by atoms with Crippen LogP contribution >= 0.6 is 15.9 Å². The van der Waals surface area contributed by atoms with Crippen LogP contribution in [0.3, 0.4) is 0 Å². The molecule has 2 N–H and O–H groups in total. The monoisotopic (exact) mass is 339 g/mol. The zero-order valence-corrected chi connectivity index (χ0v) is 13.2. The third kappa shape index (κ3) is 5.65. The Labute approximate surface area is 129 Å². The Morgan fingerprint density at radius 3 is 2.80 bits per heavy atom. The summed E-state index contributed by atoms with van der Waals surface area (Å²) in [7, 11) is 0. The lowest BCUT2D eigenvalue weighted by Crippen LogP contribution is -2.34. The first-order chi connectivity index (χ1) is 9.74. The zero-order valence-electron chi connectivity index (χ0n) is 11.6. The van der Waals surface area contributed by atoms with Crippen molar-refractivity contribution >= 4 is 15.9 Å². The van der Waals surface area contributed by atoms with Gasteiger partial charge in [0.05, 0.1) is 0 Å². The molecule has 0 heterocycles. The number of nitrogens with one attached hydrogen (secondary N) is 1. The van der Waals surface area contributed by atoms with Gasteiger partial charge in [-0.05, 0) is 56.0 Å². The first kappa shape index (κ1) is 15.5. The highest BCUT2D eigenvalue weighted by Crippen LogP contribution is 2.17. The van der Waals surface area contributed by atoms with E-state index in [1.807, 2.05) is 24.3 Å². The Balaban J connectivity index is 1.59. The molecular weight excluding hydrogens is 318 g/mol. The molecule has 0 saturated heterocycles. The molecule has 1 aliphatic carbocycles. The van der Waals surface area contributed by atoms with Crippen LogP contribution in [0.2, 0.25) is 0 Å². The van der Waals surface area contributed by atoms with Crippen LogP contribution < -0.4 is 10.1 Å². The van der Waals surface area contributed by atoms with Crippen molar-refractivity contribution in [2.24, 2.45) is 5.92 Å². The van der Waals surface area contributed by atoms with Gasteiger partial charge in [-0.25, -0.2) is 0 Å². The molecule has 4 heteroatoms. The van der Waals surface area contributed by atoms with E-state index in [1.54, 1.807) is 0 Å². The fraction of sp³-hybridized carbons (Fsp3) is 0.500. The zero-order chi connectivity index (χ0) is 14.2. The number of rotatable bonds is 7. The fourth-order valence-corrected chi connectivity index (χ4v) is 2.54. The van der Waals surface area contributed by atoms with Gasteiger partial charge in [-0.15, -0.1) is 0 Å². The molecule has 20 heavy (non-hydrogen) atoms. The van der Waals surface area contributed by atoms with E-state index in [2.05, 4.69) is 33.4 Å². The van der Waals surface area contributed by atoms with Gasteiger partial charge in [-0.2, -0.15) is 0 Å². The van der Waals surface area contributed by atoms with E-state index in [4.69, 9.17) is 4.74 Å². The van der Waals surface area contributed by atoms with Crippen molar-refractivity contribution in [1.29, 1.82) is 0 Å². The molecule has 0 spiro atoms. The van der Waals surface area contributed by atoms with E-state index in [-0.39, 0.29) is 0 Å². The van der Waals surface area contributed by atoms with E-state index in [9.17, 15) is 5.11 Å². The van der Waals surface area contributed by atoms with E-state index in [1.165, 1.54) is 12.8 Å². The predicted molar refractivity (Wildman–Crippen MR) is 85.0 cm³/mol. The van der Waals surface area contributed by atoms with Crippen LogP contribution in [0.1, 0.15) is 19.3 Å². The summed E-state index contributed by atoms with van der Waals surface area (Å²) in [5, 5.41) is 13.2. The van der Waals surface area contributed by atoms with E-state index in [0.29, 0.717) is 19.1 Å². The molecule has 1 aromatic carbocycles. The predicted octanol–water partition coefficient (Wildman–Crippen LogP) is 3.13. The Morgan fingerprint density at radius 1 is 1.30 bits per heavy atom. The van der Waals surface area contributed by atoms with Crippen molar-refractivity contribution in [2.45, 2.75) is 25.4 Å². The molecule has 0 amide bonds. The molecule has 2 atom stereocenters. The quantitative estimate of drug-likeness (QED) is 0.750. The largest absolute Gasteiger partial charge is 0.491 e. The lowest BCUT2D eigenvalue weighted by atomic mass is 9.94. The van der Waals surface area contributed by atoms with Crippen LogP contribution in [0.5, 0.6) is 5.75 Å². The van der Waals surface area contributed by atoms with Crippen LogP contribution in [-0.4, -0.2) is 30.9 Å². The Bertz CT molecular complexity index is 419. The van der Waals surface area contributed by atoms with Gasteiger partial charge in [0.25, 0.3) is 0 Å². The van der Waals surface area contributed by atoms with Gasteiger partial charge in [-0.3, -0.25) is 0 Å². The molecule has 1 aliphatic rings. The number of hydrogen-bond donors (Lipinski definition) is 2. The first-order valence-electron chi connectivity index (χ1n) is 7.16. The summed E-state index contributed by atoms with van der Waals surface area (Å²) in [4.78, 5) is 0. The molecule has 110 valence electrons. The molecule has 3 nitrogen and oxygen atoms in total. The van der Waals surface area contributed by atoms with Gasteiger partial charge in [0, 0.05) is 11.0 Å². The number of hydrogen-bond acceptors (Lipinski definition) is 3. The summed E-state index contributed by atoms with van der Waals surface area (Å²) in [6, 6.07) is 7.63.